The molecule has 114 valence electrons. The number of hydrogen-bond acceptors (Lipinski definition) is 5. The first-order valence-corrected chi connectivity index (χ1v) is 7.55. The van der Waals surface area contributed by atoms with E-state index in [1.807, 2.05) is 16.9 Å². The van der Waals surface area contributed by atoms with E-state index in [9.17, 15) is 0 Å². The van der Waals surface area contributed by atoms with Crippen LogP contribution in [0.3, 0.4) is 0 Å². The second-order valence-electron chi connectivity index (χ2n) is 5.30. The predicted octanol–water partition coefficient (Wildman–Crippen LogP) is 2.36. The van der Waals surface area contributed by atoms with Gasteiger partial charge in [0.1, 0.15) is 18.0 Å². The van der Waals surface area contributed by atoms with Crippen LogP contribution in [0.2, 0.25) is 0 Å². The third kappa shape index (κ3) is 2.81. The standard InChI is InChI=1S/C16H19N5O/c1-2-21-14(5-8-20-21)15-13(6-9-22-15)11-19-16-12(10-17)4-3-7-18-16/h3-5,7-8,13,15H,2,6,9,11H2,1H3,(H,18,19)/t13-,15+/m0/s1. The zero-order chi connectivity index (χ0) is 15.4. The lowest BCUT2D eigenvalue weighted by Gasteiger charge is -2.20. The van der Waals surface area contributed by atoms with E-state index >= 15 is 0 Å². The van der Waals surface area contributed by atoms with Gasteiger partial charge in [0.05, 0.1) is 11.3 Å². The first kappa shape index (κ1) is 14.5. The van der Waals surface area contributed by atoms with E-state index in [0.717, 1.165) is 31.8 Å². The van der Waals surface area contributed by atoms with Crippen molar-refractivity contribution in [3.8, 4) is 6.07 Å². The maximum atomic E-state index is 9.11. The Bertz CT molecular complexity index is 675. The Morgan fingerprint density at radius 3 is 3.18 bits per heavy atom. The molecule has 1 N–H and O–H groups in total. The van der Waals surface area contributed by atoms with Crippen molar-refractivity contribution >= 4 is 5.82 Å². The minimum Gasteiger partial charge on any atom is -0.372 e. The average Bonchev–Trinajstić information content (AvgIpc) is 3.21. The van der Waals surface area contributed by atoms with Gasteiger partial charge in [0.25, 0.3) is 0 Å². The monoisotopic (exact) mass is 297 g/mol. The van der Waals surface area contributed by atoms with Crippen molar-refractivity contribution in [1.29, 1.82) is 5.26 Å². The number of nitrogens with one attached hydrogen (secondary N) is 1. The Balaban J connectivity index is 1.71. The fourth-order valence-electron chi connectivity index (χ4n) is 2.88. The number of pyridine rings is 1. The van der Waals surface area contributed by atoms with Crippen molar-refractivity contribution in [3.63, 3.8) is 0 Å². The molecule has 0 spiro atoms. The molecule has 0 aromatic carbocycles. The largest absolute Gasteiger partial charge is 0.372 e. The van der Waals surface area contributed by atoms with Crippen LogP contribution < -0.4 is 5.32 Å². The molecule has 6 nitrogen and oxygen atoms in total. The van der Waals surface area contributed by atoms with Gasteiger partial charge in [-0.3, -0.25) is 4.68 Å². The number of aromatic nitrogens is 3. The Kier molecular flexibility index (Phi) is 4.35. The van der Waals surface area contributed by atoms with E-state index < -0.39 is 0 Å². The quantitative estimate of drug-likeness (QED) is 0.917. The molecule has 1 fully saturated rings. The van der Waals surface area contributed by atoms with E-state index in [0.29, 0.717) is 17.3 Å². The summed E-state index contributed by atoms with van der Waals surface area (Å²) >= 11 is 0. The van der Waals surface area contributed by atoms with E-state index in [2.05, 4.69) is 28.4 Å². The van der Waals surface area contributed by atoms with Crippen molar-refractivity contribution in [2.45, 2.75) is 26.0 Å². The van der Waals surface area contributed by atoms with Crippen molar-refractivity contribution in [3.05, 3.63) is 41.9 Å². The molecule has 0 radical (unpaired) electrons. The van der Waals surface area contributed by atoms with Gasteiger partial charge in [-0.25, -0.2) is 4.98 Å². The summed E-state index contributed by atoms with van der Waals surface area (Å²) in [6.45, 7) is 4.39. The van der Waals surface area contributed by atoms with Gasteiger partial charge in [-0.15, -0.1) is 0 Å². The molecule has 0 amide bonds. The smallest absolute Gasteiger partial charge is 0.143 e. The topological polar surface area (TPSA) is 75.8 Å². The predicted molar refractivity (Wildman–Crippen MR) is 82.1 cm³/mol. The van der Waals surface area contributed by atoms with Gasteiger partial charge in [0, 0.05) is 38.0 Å². The van der Waals surface area contributed by atoms with Crippen LogP contribution >= 0.6 is 0 Å². The van der Waals surface area contributed by atoms with Crippen LogP contribution in [-0.2, 0) is 11.3 Å². The number of nitrogens with zero attached hydrogens (tertiary/aromatic N) is 4. The highest BCUT2D eigenvalue weighted by Gasteiger charge is 2.31. The summed E-state index contributed by atoms with van der Waals surface area (Å²) in [6.07, 6.45) is 4.54. The highest BCUT2D eigenvalue weighted by Crippen LogP contribution is 2.34. The molecule has 22 heavy (non-hydrogen) atoms. The summed E-state index contributed by atoms with van der Waals surface area (Å²) in [7, 11) is 0. The van der Waals surface area contributed by atoms with Gasteiger partial charge in [0.2, 0.25) is 0 Å². The third-order valence-corrected chi connectivity index (χ3v) is 4.01. The minimum atomic E-state index is 0.0456. The first-order valence-electron chi connectivity index (χ1n) is 7.55. The molecular weight excluding hydrogens is 278 g/mol. The van der Waals surface area contributed by atoms with Crippen LogP contribution in [0.25, 0.3) is 0 Å². The van der Waals surface area contributed by atoms with Crippen molar-refractivity contribution < 1.29 is 4.74 Å². The van der Waals surface area contributed by atoms with Crippen molar-refractivity contribution in [2.75, 3.05) is 18.5 Å². The molecule has 1 aliphatic rings. The summed E-state index contributed by atoms with van der Waals surface area (Å²) in [4.78, 5) is 4.24. The van der Waals surface area contributed by atoms with E-state index in [1.54, 1.807) is 18.3 Å². The van der Waals surface area contributed by atoms with Crippen molar-refractivity contribution in [2.24, 2.45) is 5.92 Å². The molecule has 2 aromatic heterocycles. The minimum absolute atomic E-state index is 0.0456. The van der Waals surface area contributed by atoms with Gasteiger partial charge >= 0.3 is 0 Å². The van der Waals surface area contributed by atoms with Crippen LogP contribution in [-0.4, -0.2) is 27.9 Å². The van der Waals surface area contributed by atoms with E-state index in [-0.39, 0.29) is 6.10 Å². The molecule has 2 atom stereocenters. The zero-order valence-corrected chi connectivity index (χ0v) is 12.6. The number of aryl methyl sites for hydroxylation is 1. The maximum absolute atomic E-state index is 9.11. The molecule has 0 bridgehead atoms. The molecule has 0 aliphatic carbocycles. The van der Waals surface area contributed by atoms with Gasteiger partial charge in [-0.2, -0.15) is 10.4 Å². The van der Waals surface area contributed by atoms with Crippen LogP contribution in [0.4, 0.5) is 5.82 Å². The van der Waals surface area contributed by atoms with Crippen LogP contribution in [0.5, 0.6) is 0 Å². The average molecular weight is 297 g/mol. The Morgan fingerprint density at radius 2 is 2.36 bits per heavy atom. The summed E-state index contributed by atoms with van der Waals surface area (Å²) in [5, 5.41) is 16.7. The zero-order valence-electron chi connectivity index (χ0n) is 12.6. The van der Waals surface area contributed by atoms with Gasteiger partial charge in [-0.05, 0) is 31.5 Å². The Morgan fingerprint density at radius 1 is 1.45 bits per heavy atom. The SMILES string of the molecule is CCn1nccc1[C@@H]1OCC[C@H]1CNc1ncccc1C#N. The summed E-state index contributed by atoms with van der Waals surface area (Å²) in [6, 6.07) is 7.72. The lowest BCUT2D eigenvalue weighted by atomic mass is 9.99. The molecule has 1 saturated heterocycles. The number of hydrogen-bond donors (Lipinski definition) is 1. The molecule has 0 unspecified atom stereocenters. The number of rotatable bonds is 5. The molecular formula is C16H19N5O. The van der Waals surface area contributed by atoms with Crippen molar-refractivity contribution in [1.82, 2.24) is 14.8 Å². The van der Waals surface area contributed by atoms with Crippen LogP contribution in [0.15, 0.2) is 30.6 Å². The highest BCUT2D eigenvalue weighted by atomic mass is 16.5. The van der Waals surface area contributed by atoms with E-state index in [4.69, 9.17) is 10.00 Å². The summed E-state index contributed by atoms with van der Waals surface area (Å²) in [5.41, 5.74) is 1.69. The Hall–Kier alpha value is -2.39. The normalized spacial score (nSPS) is 20.7. The first-order chi connectivity index (χ1) is 10.8. The maximum Gasteiger partial charge on any atom is 0.143 e. The molecule has 1 aliphatic heterocycles. The molecule has 3 rings (SSSR count). The lowest BCUT2D eigenvalue weighted by molar-refractivity contribution is 0.0858. The summed E-state index contributed by atoms with van der Waals surface area (Å²) < 4.78 is 7.89. The highest BCUT2D eigenvalue weighted by molar-refractivity contribution is 5.51. The molecule has 0 saturated carbocycles. The summed E-state index contributed by atoms with van der Waals surface area (Å²) in [5.74, 6) is 0.982. The molecule has 2 aromatic rings. The number of anilines is 1. The lowest BCUT2D eigenvalue weighted by Crippen LogP contribution is -2.21. The third-order valence-electron chi connectivity index (χ3n) is 4.01. The number of ether oxygens (including phenoxy) is 1. The van der Waals surface area contributed by atoms with E-state index in [1.165, 1.54) is 0 Å². The van der Waals surface area contributed by atoms with Crippen LogP contribution in [0, 0.1) is 17.2 Å². The number of nitriles is 1. The van der Waals surface area contributed by atoms with Gasteiger partial charge in [0.15, 0.2) is 0 Å². The fourth-order valence-corrected chi connectivity index (χ4v) is 2.88. The molecule has 6 heteroatoms. The second kappa shape index (κ2) is 6.58. The second-order valence-corrected chi connectivity index (χ2v) is 5.30. The Labute approximate surface area is 129 Å². The van der Waals surface area contributed by atoms with Gasteiger partial charge < -0.3 is 10.1 Å². The van der Waals surface area contributed by atoms with Crippen LogP contribution in [0.1, 0.15) is 30.7 Å². The fraction of sp³-hybridized carbons (Fsp3) is 0.438. The molecule has 3 heterocycles. The van der Waals surface area contributed by atoms with Gasteiger partial charge in [-0.1, -0.05) is 0 Å².